The summed E-state index contributed by atoms with van der Waals surface area (Å²) in [6, 6.07) is 7.93. The lowest BCUT2D eigenvalue weighted by atomic mass is 10.1. The van der Waals surface area contributed by atoms with Crippen LogP contribution in [0.2, 0.25) is 0 Å². The Kier molecular flexibility index (Phi) is 5.88. The summed E-state index contributed by atoms with van der Waals surface area (Å²) in [7, 11) is 0. The van der Waals surface area contributed by atoms with Crippen molar-refractivity contribution in [3.63, 3.8) is 0 Å². The van der Waals surface area contributed by atoms with E-state index in [1.54, 1.807) is 6.92 Å². The minimum absolute atomic E-state index is 0.100. The van der Waals surface area contributed by atoms with E-state index in [0.717, 1.165) is 44.0 Å². The molecule has 1 unspecified atom stereocenters. The summed E-state index contributed by atoms with van der Waals surface area (Å²) >= 11 is 6.58. The van der Waals surface area contributed by atoms with E-state index in [9.17, 15) is 4.79 Å². The zero-order valence-corrected chi connectivity index (χ0v) is 13.5. The first-order chi connectivity index (χ1) is 10.1. The predicted octanol–water partition coefficient (Wildman–Crippen LogP) is 2.53. The third kappa shape index (κ3) is 4.35. The smallest absolute Gasteiger partial charge is 0.219 e. The Morgan fingerprint density at radius 1 is 1.29 bits per heavy atom. The number of carbonyl (C=O) groups is 1. The van der Waals surface area contributed by atoms with Gasteiger partial charge in [0.2, 0.25) is 5.91 Å². The molecule has 0 radical (unpaired) electrons. The summed E-state index contributed by atoms with van der Waals surface area (Å²) in [6.07, 6.45) is 0. The maximum absolute atomic E-state index is 11.3. The van der Waals surface area contributed by atoms with Crippen LogP contribution < -0.4 is 4.74 Å². The number of hydrogen-bond acceptors (Lipinski definition) is 3. The quantitative estimate of drug-likeness (QED) is 0.784. The van der Waals surface area contributed by atoms with Crippen LogP contribution in [-0.4, -0.2) is 55.0 Å². The van der Waals surface area contributed by atoms with Crippen LogP contribution >= 0.6 is 11.6 Å². The van der Waals surface area contributed by atoms with E-state index in [-0.39, 0.29) is 11.3 Å². The van der Waals surface area contributed by atoms with E-state index in [0.29, 0.717) is 6.61 Å². The highest BCUT2D eigenvalue weighted by Crippen LogP contribution is 2.30. The van der Waals surface area contributed by atoms with Gasteiger partial charge in [-0.25, -0.2) is 0 Å². The van der Waals surface area contributed by atoms with Crippen molar-refractivity contribution in [3.8, 4) is 5.75 Å². The van der Waals surface area contributed by atoms with Crippen molar-refractivity contribution in [2.75, 3.05) is 39.3 Å². The average Bonchev–Trinajstić information content (AvgIpc) is 2.48. The van der Waals surface area contributed by atoms with E-state index in [1.165, 1.54) is 0 Å². The number of piperazine rings is 1. The summed E-state index contributed by atoms with van der Waals surface area (Å²) in [4.78, 5) is 15.5. The van der Waals surface area contributed by atoms with E-state index in [4.69, 9.17) is 16.3 Å². The fraction of sp³-hybridized carbons (Fsp3) is 0.562. The van der Waals surface area contributed by atoms with Crippen molar-refractivity contribution < 1.29 is 9.53 Å². The number of para-hydroxylation sites is 1. The third-order valence-corrected chi connectivity index (χ3v) is 4.17. The second kappa shape index (κ2) is 7.66. The van der Waals surface area contributed by atoms with Gasteiger partial charge in [-0.1, -0.05) is 18.2 Å². The van der Waals surface area contributed by atoms with Gasteiger partial charge in [-0.15, -0.1) is 11.6 Å². The number of alkyl halides is 1. The van der Waals surface area contributed by atoms with Crippen molar-refractivity contribution in [2.24, 2.45) is 0 Å². The van der Waals surface area contributed by atoms with Gasteiger partial charge in [-0.3, -0.25) is 9.69 Å². The normalized spacial score (nSPS) is 17.6. The molecule has 1 fully saturated rings. The fourth-order valence-corrected chi connectivity index (χ4v) is 2.97. The molecule has 0 spiro atoms. The summed E-state index contributed by atoms with van der Waals surface area (Å²) in [5.41, 5.74) is 1.04. The maximum Gasteiger partial charge on any atom is 0.219 e. The zero-order chi connectivity index (χ0) is 15.2. The Hall–Kier alpha value is -1.26. The second-order valence-electron chi connectivity index (χ2n) is 5.25. The van der Waals surface area contributed by atoms with Crippen molar-refractivity contribution in [2.45, 2.75) is 19.2 Å². The lowest BCUT2D eigenvalue weighted by Crippen LogP contribution is -2.48. The van der Waals surface area contributed by atoms with Crippen LogP contribution in [-0.2, 0) is 4.79 Å². The summed E-state index contributed by atoms with van der Waals surface area (Å²) in [6.45, 7) is 8.33. The number of carbonyl (C=O) groups excluding carboxylic acids is 1. The Labute approximate surface area is 131 Å². The molecule has 4 nitrogen and oxygen atoms in total. The Balaban J connectivity index is 1.93. The highest BCUT2D eigenvalue weighted by molar-refractivity contribution is 6.21. The molecule has 1 aliphatic heterocycles. The molecule has 1 saturated heterocycles. The molecule has 116 valence electrons. The minimum atomic E-state index is -0.100. The molecule has 0 aromatic heterocycles. The van der Waals surface area contributed by atoms with Gasteiger partial charge in [-0.2, -0.15) is 0 Å². The van der Waals surface area contributed by atoms with Gasteiger partial charge in [0.15, 0.2) is 0 Å². The SMILES string of the molecule is CCOc1ccccc1C(Cl)CN1CCN(C(C)=O)CC1. The lowest BCUT2D eigenvalue weighted by Gasteiger charge is -2.35. The van der Waals surface area contributed by atoms with Gasteiger partial charge in [0.05, 0.1) is 12.0 Å². The van der Waals surface area contributed by atoms with Crippen LogP contribution in [0.25, 0.3) is 0 Å². The van der Waals surface area contributed by atoms with Gasteiger partial charge in [0.25, 0.3) is 0 Å². The van der Waals surface area contributed by atoms with E-state index >= 15 is 0 Å². The molecule has 1 heterocycles. The van der Waals surface area contributed by atoms with Gasteiger partial charge in [0.1, 0.15) is 5.75 Å². The third-order valence-electron chi connectivity index (χ3n) is 3.79. The molecule has 1 atom stereocenters. The van der Waals surface area contributed by atoms with Crippen molar-refractivity contribution in [1.29, 1.82) is 0 Å². The van der Waals surface area contributed by atoms with E-state index in [1.807, 2.05) is 36.1 Å². The number of benzene rings is 1. The standard InChI is InChI=1S/C16H23ClN2O2/c1-3-21-16-7-5-4-6-14(16)15(17)12-18-8-10-19(11-9-18)13(2)20/h4-7,15H,3,8-12H2,1-2H3. The Bertz CT molecular complexity index is 473. The number of halogens is 1. The zero-order valence-electron chi connectivity index (χ0n) is 12.7. The van der Waals surface area contributed by atoms with Crippen LogP contribution in [0.4, 0.5) is 0 Å². The Morgan fingerprint density at radius 3 is 2.57 bits per heavy atom. The van der Waals surface area contributed by atoms with Crippen LogP contribution in [0.1, 0.15) is 24.8 Å². The Morgan fingerprint density at radius 2 is 1.95 bits per heavy atom. The van der Waals surface area contributed by atoms with E-state index in [2.05, 4.69) is 4.90 Å². The molecular formula is C16H23ClN2O2. The number of rotatable bonds is 5. The summed E-state index contributed by atoms with van der Waals surface area (Å²) in [5, 5.41) is -0.100. The molecule has 1 amide bonds. The average molecular weight is 311 g/mol. The second-order valence-corrected chi connectivity index (χ2v) is 5.77. The predicted molar refractivity (Wildman–Crippen MR) is 84.9 cm³/mol. The van der Waals surface area contributed by atoms with Crippen molar-refractivity contribution in [3.05, 3.63) is 29.8 Å². The number of hydrogen-bond donors (Lipinski definition) is 0. The molecule has 1 aromatic carbocycles. The van der Waals surface area contributed by atoms with Crippen molar-refractivity contribution >= 4 is 17.5 Å². The molecule has 0 N–H and O–H groups in total. The lowest BCUT2D eigenvalue weighted by molar-refractivity contribution is -0.130. The monoisotopic (exact) mass is 310 g/mol. The first kappa shape index (κ1) is 16.1. The fourth-order valence-electron chi connectivity index (χ4n) is 2.60. The summed E-state index contributed by atoms with van der Waals surface area (Å²) < 4.78 is 5.64. The van der Waals surface area contributed by atoms with E-state index < -0.39 is 0 Å². The van der Waals surface area contributed by atoms with Crippen LogP contribution in [0.15, 0.2) is 24.3 Å². The number of ether oxygens (including phenoxy) is 1. The molecule has 0 aliphatic carbocycles. The molecule has 21 heavy (non-hydrogen) atoms. The summed E-state index contributed by atoms with van der Waals surface area (Å²) in [5.74, 6) is 1.01. The molecular weight excluding hydrogens is 288 g/mol. The highest BCUT2D eigenvalue weighted by Gasteiger charge is 2.22. The molecule has 2 rings (SSSR count). The molecule has 1 aromatic rings. The molecule has 0 bridgehead atoms. The van der Waals surface area contributed by atoms with Crippen LogP contribution in [0, 0.1) is 0 Å². The first-order valence-electron chi connectivity index (χ1n) is 7.45. The number of nitrogens with zero attached hydrogens (tertiary/aromatic N) is 2. The first-order valence-corrected chi connectivity index (χ1v) is 7.89. The largest absolute Gasteiger partial charge is 0.494 e. The minimum Gasteiger partial charge on any atom is -0.494 e. The van der Waals surface area contributed by atoms with Crippen molar-refractivity contribution in [1.82, 2.24) is 9.80 Å². The van der Waals surface area contributed by atoms with Crippen LogP contribution in [0.5, 0.6) is 5.75 Å². The van der Waals surface area contributed by atoms with Crippen LogP contribution in [0.3, 0.4) is 0 Å². The molecule has 1 aliphatic rings. The van der Waals surface area contributed by atoms with Gasteiger partial charge in [0, 0.05) is 45.2 Å². The molecule has 0 saturated carbocycles. The maximum atomic E-state index is 11.3. The molecule has 5 heteroatoms. The van der Waals surface area contributed by atoms with Gasteiger partial charge in [-0.05, 0) is 13.0 Å². The number of amides is 1. The highest BCUT2D eigenvalue weighted by atomic mass is 35.5. The van der Waals surface area contributed by atoms with Gasteiger partial charge < -0.3 is 9.64 Å². The van der Waals surface area contributed by atoms with Gasteiger partial charge >= 0.3 is 0 Å². The topological polar surface area (TPSA) is 32.8 Å².